The fourth-order valence-corrected chi connectivity index (χ4v) is 3.22. The molecule has 0 spiro atoms. The normalized spacial score (nSPS) is 23.6. The molecule has 1 N–H and O–H groups in total. The first-order valence-electron chi connectivity index (χ1n) is 7.51. The summed E-state index contributed by atoms with van der Waals surface area (Å²) in [6.07, 6.45) is 8.13. The van der Waals surface area contributed by atoms with Gasteiger partial charge >= 0.3 is 5.97 Å². The third-order valence-electron chi connectivity index (χ3n) is 4.28. The molecule has 2 heterocycles. The fourth-order valence-electron chi connectivity index (χ4n) is 3.22. The summed E-state index contributed by atoms with van der Waals surface area (Å²) in [6.45, 7) is 4.69. The number of carboxylic acids is 1. The van der Waals surface area contributed by atoms with Crippen LogP contribution in [0.15, 0.2) is 24.5 Å². The van der Waals surface area contributed by atoms with Crippen LogP contribution in [-0.4, -0.2) is 40.6 Å². The first-order chi connectivity index (χ1) is 9.66. The van der Waals surface area contributed by atoms with Crippen LogP contribution in [0.2, 0.25) is 0 Å². The van der Waals surface area contributed by atoms with Gasteiger partial charge in [-0.1, -0.05) is 19.4 Å². The van der Waals surface area contributed by atoms with Crippen molar-refractivity contribution in [2.45, 2.75) is 39.0 Å². The molecule has 20 heavy (non-hydrogen) atoms. The van der Waals surface area contributed by atoms with Crippen molar-refractivity contribution in [3.8, 4) is 0 Å². The zero-order chi connectivity index (χ0) is 14.4. The highest BCUT2D eigenvalue weighted by Crippen LogP contribution is 2.35. The van der Waals surface area contributed by atoms with Crippen molar-refractivity contribution >= 4 is 5.97 Å². The van der Waals surface area contributed by atoms with Crippen LogP contribution in [-0.2, 0) is 11.2 Å². The molecule has 1 saturated heterocycles. The van der Waals surface area contributed by atoms with Crippen LogP contribution in [0, 0.1) is 5.41 Å². The Kier molecular flexibility index (Phi) is 5.12. The SMILES string of the molecule is CCCC1(C(=O)O)CCCN(CCc2cccnc2)C1. The molecular weight excluding hydrogens is 252 g/mol. The summed E-state index contributed by atoms with van der Waals surface area (Å²) in [6, 6.07) is 4.03. The minimum atomic E-state index is -0.620. The summed E-state index contributed by atoms with van der Waals surface area (Å²) in [5, 5.41) is 9.59. The molecule has 0 aliphatic carbocycles. The first kappa shape index (κ1) is 15.0. The van der Waals surface area contributed by atoms with E-state index in [-0.39, 0.29) is 0 Å². The Morgan fingerprint density at radius 1 is 1.55 bits per heavy atom. The maximum Gasteiger partial charge on any atom is 0.310 e. The Balaban J connectivity index is 1.94. The zero-order valence-corrected chi connectivity index (χ0v) is 12.2. The average molecular weight is 276 g/mol. The van der Waals surface area contributed by atoms with E-state index in [1.165, 1.54) is 5.56 Å². The van der Waals surface area contributed by atoms with Gasteiger partial charge < -0.3 is 10.0 Å². The standard InChI is InChI=1S/C16H24N2O2/c1-2-7-16(15(19)20)8-4-10-18(13-16)11-6-14-5-3-9-17-12-14/h3,5,9,12H,2,4,6-8,10-11,13H2,1H3,(H,19,20). The molecule has 1 aliphatic heterocycles. The maximum atomic E-state index is 11.6. The summed E-state index contributed by atoms with van der Waals surface area (Å²) >= 11 is 0. The van der Waals surface area contributed by atoms with Gasteiger partial charge in [0.1, 0.15) is 0 Å². The molecule has 0 radical (unpaired) electrons. The third-order valence-corrected chi connectivity index (χ3v) is 4.28. The Labute approximate surface area is 120 Å². The molecule has 110 valence electrons. The Bertz CT molecular complexity index is 431. The highest BCUT2D eigenvalue weighted by Gasteiger charge is 2.41. The van der Waals surface area contributed by atoms with Crippen LogP contribution in [0.3, 0.4) is 0 Å². The van der Waals surface area contributed by atoms with Gasteiger partial charge in [-0.25, -0.2) is 0 Å². The number of carboxylic acid groups (broad SMARTS) is 1. The molecule has 4 heteroatoms. The van der Waals surface area contributed by atoms with Crippen molar-refractivity contribution in [2.75, 3.05) is 19.6 Å². The molecule has 0 amide bonds. The summed E-state index contributed by atoms with van der Waals surface area (Å²) < 4.78 is 0. The van der Waals surface area contributed by atoms with E-state index in [0.717, 1.165) is 45.2 Å². The molecule has 2 rings (SSSR count). The quantitative estimate of drug-likeness (QED) is 0.867. The van der Waals surface area contributed by atoms with E-state index >= 15 is 0 Å². The second-order valence-corrected chi connectivity index (χ2v) is 5.83. The number of nitrogens with zero attached hydrogens (tertiary/aromatic N) is 2. The van der Waals surface area contributed by atoms with Crippen LogP contribution in [0.25, 0.3) is 0 Å². The van der Waals surface area contributed by atoms with Crippen molar-refractivity contribution < 1.29 is 9.90 Å². The van der Waals surface area contributed by atoms with Gasteiger partial charge in [0.25, 0.3) is 0 Å². The molecule has 1 aromatic heterocycles. The molecule has 0 bridgehead atoms. The Morgan fingerprint density at radius 3 is 3.05 bits per heavy atom. The molecule has 1 fully saturated rings. The minimum absolute atomic E-state index is 0.526. The van der Waals surface area contributed by atoms with E-state index in [4.69, 9.17) is 0 Å². The topological polar surface area (TPSA) is 53.4 Å². The Morgan fingerprint density at radius 2 is 2.40 bits per heavy atom. The molecule has 1 aromatic rings. The summed E-state index contributed by atoms with van der Waals surface area (Å²) in [5.41, 5.74) is 0.691. The number of likely N-dealkylation sites (tertiary alicyclic amines) is 1. The van der Waals surface area contributed by atoms with Gasteiger partial charge in [-0.2, -0.15) is 0 Å². The van der Waals surface area contributed by atoms with Crippen molar-refractivity contribution in [2.24, 2.45) is 5.41 Å². The third kappa shape index (κ3) is 3.57. The summed E-state index contributed by atoms with van der Waals surface area (Å²) in [4.78, 5) is 18.1. The second-order valence-electron chi connectivity index (χ2n) is 5.83. The monoisotopic (exact) mass is 276 g/mol. The number of aromatic nitrogens is 1. The van der Waals surface area contributed by atoms with Crippen LogP contribution < -0.4 is 0 Å². The van der Waals surface area contributed by atoms with E-state index < -0.39 is 11.4 Å². The average Bonchev–Trinajstić information content (AvgIpc) is 2.47. The second kappa shape index (κ2) is 6.84. The van der Waals surface area contributed by atoms with Gasteiger partial charge in [-0.3, -0.25) is 9.78 Å². The number of aliphatic carboxylic acids is 1. The van der Waals surface area contributed by atoms with Crippen LogP contribution in [0.4, 0.5) is 0 Å². The van der Waals surface area contributed by atoms with Crippen LogP contribution in [0.5, 0.6) is 0 Å². The van der Waals surface area contributed by atoms with E-state index in [1.54, 1.807) is 6.20 Å². The van der Waals surface area contributed by atoms with Gasteiger partial charge in [-0.15, -0.1) is 0 Å². The molecule has 0 aromatic carbocycles. The van der Waals surface area contributed by atoms with E-state index in [9.17, 15) is 9.90 Å². The molecule has 1 unspecified atom stereocenters. The lowest BCUT2D eigenvalue weighted by molar-refractivity contribution is -0.153. The molecule has 0 saturated carbocycles. The van der Waals surface area contributed by atoms with Gasteiger partial charge in [-0.05, 0) is 43.9 Å². The number of rotatable bonds is 6. The van der Waals surface area contributed by atoms with Crippen molar-refractivity contribution in [3.63, 3.8) is 0 Å². The van der Waals surface area contributed by atoms with Crippen LogP contribution >= 0.6 is 0 Å². The van der Waals surface area contributed by atoms with Gasteiger partial charge in [0, 0.05) is 25.5 Å². The Hall–Kier alpha value is -1.42. The summed E-state index contributed by atoms with van der Waals surface area (Å²) in [5.74, 6) is -0.620. The number of pyridine rings is 1. The van der Waals surface area contributed by atoms with Crippen molar-refractivity contribution in [1.29, 1.82) is 0 Å². The lowest BCUT2D eigenvalue weighted by Crippen LogP contribution is -2.48. The lowest BCUT2D eigenvalue weighted by Gasteiger charge is -2.40. The van der Waals surface area contributed by atoms with Crippen molar-refractivity contribution in [1.82, 2.24) is 9.88 Å². The van der Waals surface area contributed by atoms with E-state index in [0.29, 0.717) is 6.54 Å². The molecule has 1 aliphatic rings. The highest BCUT2D eigenvalue weighted by atomic mass is 16.4. The van der Waals surface area contributed by atoms with E-state index in [1.807, 2.05) is 12.3 Å². The summed E-state index contributed by atoms with van der Waals surface area (Å²) in [7, 11) is 0. The predicted molar refractivity (Wildman–Crippen MR) is 78.6 cm³/mol. The predicted octanol–water partition coefficient (Wildman–Crippen LogP) is 2.59. The van der Waals surface area contributed by atoms with Crippen LogP contribution in [0.1, 0.15) is 38.2 Å². The van der Waals surface area contributed by atoms with Gasteiger partial charge in [0.2, 0.25) is 0 Å². The highest BCUT2D eigenvalue weighted by molar-refractivity contribution is 5.75. The number of carbonyl (C=O) groups is 1. The van der Waals surface area contributed by atoms with Crippen molar-refractivity contribution in [3.05, 3.63) is 30.1 Å². The molecule has 1 atom stereocenters. The molecule has 4 nitrogen and oxygen atoms in total. The first-order valence-corrected chi connectivity index (χ1v) is 7.51. The van der Waals surface area contributed by atoms with Gasteiger partial charge in [0.15, 0.2) is 0 Å². The number of hydrogen-bond acceptors (Lipinski definition) is 3. The zero-order valence-electron chi connectivity index (χ0n) is 12.2. The fraction of sp³-hybridized carbons (Fsp3) is 0.625. The lowest BCUT2D eigenvalue weighted by atomic mass is 9.76. The van der Waals surface area contributed by atoms with E-state index in [2.05, 4.69) is 22.9 Å². The minimum Gasteiger partial charge on any atom is -0.481 e. The molecular formula is C16H24N2O2. The number of piperidine rings is 1. The van der Waals surface area contributed by atoms with Gasteiger partial charge in [0.05, 0.1) is 5.41 Å². The maximum absolute atomic E-state index is 11.6. The smallest absolute Gasteiger partial charge is 0.310 e. The largest absolute Gasteiger partial charge is 0.481 e. The number of hydrogen-bond donors (Lipinski definition) is 1.